The Bertz CT molecular complexity index is 1110. The van der Waals surface area contributed by atoms with Crippen LogP contribution in [0.3, 0.4) is 0 Å². The van der Waals surface area contributed by atoms with Gasteiger partial charge in [0, 0.05) is 30.8 Å². The van der Waals surface area contributed by atoms with E-state index in [9.17, 15) is 14.0 Å². The molecule has 0 aliphatic heterocycles. The van der Waals surface area contributed by atoms with E-state index in [0.29, 0.717) is 5.95 Å². The molecule has 2 heterocycles. The van der Waals surface area contributed by atoms with E-state index in [1.807, 2.05) is 22.6 Å². The van der Waals surface area contributed by atoms with Gasteiger partial charge in [0.15, 0.2) is 5.65 Å². The summed E-state index contributed by atoms with van der Waals surface area (Å²) in [7, 11) is 4.74. The minimum absolute atomic E-state index is 0.176. The lowest BCUT2D eigenvalue weighted by Gasteiger charge is -2.14. The van der Waals surface area contributed by atoms with Crippen LogP contribution in [0, 0.1) is 9.39 Å². The predicted octanol–water partition coefficient (Wildman–Crippen LogP) is 2.16. The molecular formula is C16H15FIN5O2. The molecule has 0 unspecified atom stereocenters. The van der Waals surface area contributed by atoms with Crippen molar-refractivity contribution in [3.63, 3.8) is 0 Å². The third-order valence-electron chi connectivity index (χ3n) is 3.88. The van der Waals surface area contributed by atoms with Crippen LogP contribution >= 0.6 is 22.6 Å². The van der Waals surface area contributed by atoms with Crippen LogP contribution in [0.5, 0.6) is 0 Å². The van der Waals surface area contributed by atoms with Gasteiger partial charge < -0.3 is 10.6 Å². The zero-order valence-electron chi connectivity index (χ0n) is 13.7. The van der Waals surface area contributed by atoms with Crippen molar-refractivity contribution in [1.29, 1.82) is 0 Å². The van der Waals surface area contributed by atoms with Crippen molar-refractivity contribution in [3.05, 3.63) is 54.4 Å². The molecular weight excluding hydrogens is 440 g/mol. The molecule has 3 aromatic rings. The van der Waals surface area contributed by atoms with Crippen molar-refractivity contribution >= 4 is 50.9 Å². The van der Waals surface area contributed by atoms with Crippen molar-refractivity contribution in [1.82, 2.24) is 14.1 Å². The Morgan fingerprint density at radius 3 is 2.48 bits per heavy atom. The Morgan fingerprint density at radius 2 is 1.84 bits per heavy atom. The number of aromatic nitrogens is 3. The summed E-state index contributed by atoms with van der Waals surface area (Å²) in [6.45, 7) is 0. The summed E-state index contributed by atoms with van der Waals surface area (Å²) in [5.41, 5.74) is -0.0980. The van der Waals surface area contributed by atoms with Gasteiger partial charge in [-0.15, -0.1) is 0 Å². The number of fused-ring (bicyclic) bond motifs is 1. The monoisotopic (exact) mass is 455 g/mol. The molecule has 1 aromatic carbocycles. The van der Waals surface area contributed by atoms with Gasteiger partial charge in [-0.3, -0.25) is 18.7 Å². The highest BCUT2D eigenvalue weighted by molar-refractivity contribution is 14.1. The minimum Gasteiger partial charge on any atom is -0.359 e. The fourth-order valence-electron chi connectivity index (χ4n) is 2.52. The molecule has 0 radical (unpaired) electrons. The van der Waals surface area contributed by atoms with Crippen LogP contribution < -0.4 is 21.8 Å². The zero-order valence-corrected chi connectivity index (χ0v) is 15.9. The summed E-state index contributed by atoms with van der Waals surface area (Å²) >= 11 is 2.00. The van der Waals surface area contributed by atoms with Gasteiger partial charge in [0.05, 0.1) is 11.4 Å². The molecule has 0 aliphatic rings. The van der Waals surface area contributed by atoms with E-state index in [1.165, 1.54) is 28.3 Å². The summed E-state index contributed by atoms with van der Waals surface area (Å²) in [4.78, 5) is 29.3. The number of anilines is 3. The van der Waals surface area contributed by atoms with Crippen LogP contribution in [0.1, 0.15) is 0 Å². The van der Waals surface area contributed by atoms with Gasteiger partial charge in [-0.1, -0.05) is 0 Å². The number of rotatable bonds is 3. The third kappa shape index (κ3) is 2.99. The smallest absolute Gasteiger partial charge is 0.266 e. The normalized spacial score (nSPS) is 10.9. The first-order chi connectivity index (χ1) is 11.8. The lowest BCUT2D eigenvalue weighted by atomic mass is 10.2. The van der Waals surface area contributed by atoms with E-state index in [2.05, 4.69) is 15.6 Å². The second-order valence-corrected chi connectivity index (χ2v) is 6.70. The van der Waals surface area contributed by atoms with E-state index < -0.39 is 5.82 Å². The van der Waals surface area contributed by atoms with E-state index in [1.54, 1.807) is 26.2 Å². The maximum atomic E-state index is 14.2. The summed E-state index contributed by atoms with van der Waals surface area (Å²) in [5.74, 6) is -0.151. The van der Waals surface area contributed by atoms with E-state index >= 15 is 0 Å². The highest BCUT2D eigenvalue weighted by Crippen LogP contribution is 2.25. The fraction of sp³-hybridized carbons (Fsp3) is 0.188. The molecule has 9 heteroatoms. The average Bonchev–Trinajstić information content (AvgIpc) is 2.57. The highest BCUT2D eigenvalue weighted by Gasteiger charge is 2.16. The third-order valence-corrected chi connectivity index (χ3v) is 4.55. The zero-order chi connectivity index (χ0) is 18.3. The average molecular weight is 455 g/mol. The second kappa shape index (κ2) is 6.47. The quantitative estimate of drug-likeness (QED) is 0.592. The first-order valence-corrected chi connectivity index (χ1v) is 8.42. The predicted molar refractivity (Wildman–Crippen MR) is 104 cm³/mol. The van der Waals surface area contributed by atoms with Crippen molar-refractivity contribution in [2.24, 2.45) is 14.1 Å². The van der Waals surface area contributed by atoms with Crippen molar-refractivity contribution < 1.29 is 4.39 Å². The largest absolute Gasteiger partial charge is 0.359 e. The molecule has 0 spiro atoms. The molecule has 2 N–H and O–H groups in total. The topological polar surface area (TPSA) is 81.0 Å². The Hall–Kier alpha value is -2.43. The molecule has 7 nitrogen and oxygen atoms in total. The number of hydrogen-bond donors (Lipinski definition) is 2. The van der Waals surface area contributed by atoms with Gasteiger partial charge >= 0.3 is 0 Å². The lowest BCUT2D eigenvalue weighted by molar-refractivity contribution is 0.631. The van der Waals surface area contributed by atoms with Gasteiger partial charge in [-0.2, -0.15) is 4.98 Å². The van der Waals surface area contributed by atoms with Gasteiger partial charge in [-0.25, -0.2) is 4.39 Å². The fourth-order valence-corrected chi connectivity index (χ4v) is 2.98. The number of nitrogens with zero attached hydrogens (tertiary/aromatic N) is 3. The lowest BCUT2D eigenvalue weighted by Crippen LogP contribution is -2.27. The van der Waals surface area contributed by atoms with E-state index in [4.69, 9.17) is 0 Å². The Labute approximate surface area is 155 Å². The molecule has 25 heavy (non-hydrogen) atoms. The molecule has 0 amide bonds. The molecule has 0 atom stereocenters. The Balaban J connectivity index is 2.32. The van der Waals surface area contributed by atoms with Crippen molar-refractivity contribution in [2.75, 3.05) is 17.7 Å². The van der Waals surface area contributed by atoms with Crippen LogP contribution in [0.4, 0.5) is 21.7 Å². The van der Waals surface area contributed by atoms with Crippen LogP contribution in [0.15, 0.2) is 33.9 Å². The molecule has 130 valence electrons. The van der Waals surface area contributed by atoms with Crippen LogP contribution in [-0.4, -0.2) is 21.2 Å². The Morgan fingerprint density at radius 1 is 1.12 bits per heavy atom. The molecule has 0 fully saturated rings. The standard InChI is InChI=1S/C16H15FIN5O2/c1-19-16-21-14-13(15(25)23(16)3)11(7-12(24)22(14)2)20-10-5-4-8(18)6-9(10)17/h4-7,20H,1-3H3,(H,19,21). The first-order valence-electron chi connectivity index (χ1n) is 7.34. The number of nitrogens with one attached hydrogen (secondary N) is 2. The molecule has 0 bridgehead atoms. The Kier molecular flexibility index (Phi) is 4.50. The van der Waals surface area contributed by atoms with Gasteiger partial charge in [0.1, 0.15) is 11.2 Å². The maximum absolute atomic E-state index is 14.2. The highest BCUT2D eigenvalue weighted by atomic mass is 127. The van der Waals surface area contributed by atoms with Gasteiger partial charge in [0.25, 0.3) is 11.1 Å². The van der Waals surface area contributed by atoms with Gasteiger partial charge in [-0.05, 0) is 40.8 Å². The summed E-state index contributed by atoms with van der Waals surface area (Å²) in [6.07, 6.45) is 0. The summed E-state index contributed by atoms with van der Waals surface area (Å²) < 4.78 is 17.5. The minimum atomic E-state index is -0.475. The van der Waals surface area contributed by atoms with E-state index in [-0.39, 0.29) is 33.5 Å². The molecule has 0 saturated heterocycles. The summed E-state index contributed by atoms with van der Waals surface area (Å²) in [5, 5.41) is 5.88. The van der Waals surface area contributed by atoms with Crippen molar-refractivity contribution in [3.8, 4) is 0 Å². The molecule has 0 saturated carbocycles. The molecule has 3 rings (SSSR count). The number of aryl methyl sites for hydroxylation is 1. The number of halogens is 2. The van der Waals surface area contributed by atoms with Crippen LogP contribution in [0.2, 0.25) is 0 Å². The van der Waals surface area contributed by atoms with Crippen molar-refractivity contribution in [2.45, 2.75) is 0 Å². The van der Waals surface area contributed by atoms with Crippen LogP contribution in [0.25, 0.3) is 11.0 Å². The second-order valence-electron chi connectivity index (χ2n) is 5.45. The molecule has 0 aliphatic carbocycles. The van der Waals surface area contributed by atoms with Gasteiger partial charge in [0.2, 0.25) is 5.95 Å². The maximum Gasteiger partial charge on any atom is 0.266 e. The SMILES string of the molecule is CNc1nc2c(c(Nc3ccc(I)cc3F)cc(=O)n2C)c(=O)n1C. The number of benzene rings is 1. The van der Waals surface area contributed by atoms with E-state index in [0.717, 1.165) is 3.57 Å². The molecule has 2 aromatic heterocycles. The first kappa shape index (κ1) is 17.4. The van der Waals surface area contributed by atoms with Crippen LogP contribution in [-0.2, 0) is 14.1 Å². The number of hydrogen-bond acceptors (Lipinski definition) is 5. The summed E-state index contributed by atoms with van der Waals surface area (Å²) in [6, 6.07) is 5.91. The number of pyridine rings is 1.